The topological polar surface area (TPSA) is 74.6 Å². The first-order valence-corrected chi connectivity index (χ1v) is 7.10. The van der Waals surface area contributed by atoms with Crippen LogP contribution in [0.15, 0.2) is 54.6 Å². The maximum absolute atomic E-state index is 10.5. The molecule has 2 aromatic carbocycles. The molecule has 0 atom stereocenters. The molecule has 0 saturated carbocycles. The molecule has 0 aliphatic heterocycles. The number of carboxylic acids is 2. The second-order valence-corrected chi connectivity index (χ2v) is 6.09. The number of benzene rings is 2. The summed E-state index contributed by atoms with van der Waals surface area (Å²) in [6.45, 7) is 1.10. The third kappa shape index (κ3) is 6.76. The zero-order valence-corrected chi connectivity index (χ0v) is 13.6. The van der Waals surface area contributed by atoms with E-state index in [4.69, 9.17) is 10.2 Å². The Morgan fingerprint density at radius 3 is 1.52 bits per heavy atom. The molecule has 0 heterocycles. The third-order valence-electron chi connectivity index (χ3n) is 2.89. The summed E-state index contributed by atoms with van der Waals surface area (Å²) in [4.78, 5) is 20.9. The first kappa shape index (κ1) is 18.4. The van der Waals surface area contributed by atoms with Crippen molar-refractivity contribution >= 4 is 11.9 Å². The van der Waals surface area contributed by atoms with Gasteiger partial charge in [0.15, 0.2) is 0 Å². The van der Waals surface area contributed by atoms with Gasteiger partial charge in [0.25, 0.3) is 0 Å². The van der Waals surface area contributed by atoms with Gasteiger partial charge < -0.3 is 14.7 Å². The van der Waals surface area contributed by atoms with Crippen molar-refractivity contribution in [3.05, 3.63) is 71.3 Å². The molecule has 0 saturated heterocycles. The van der Waals surface area contributed by atoms with Crippen LogP contribution in [0.5, 0.6) is 0 Å². The molecule has 0 aromatic heterocycles. The van der Waals surface area contributed by atoms with E-state index >= 15 is 0 Å². The SMILES string of the molecule is C[N+](C)(C)Cc1ccccc1.O=C(O)c1ccccc1C(=O)O. The average molecular weight is 316 g/mol. The molecule has 0 aliphatic rings. The molecule has 5 heteroatoms. The standard InChI is InChI=1S/C10H16N.C8H6O4/c1-11(2,3)9-10-7-5-4-6-8-10;9-7(10)5-3-1-2-4-6(5)8(11)12/h4-8H,9H2,1-3H3;1-4H,(H,9,10)(H,11,12)/q+1;. The number of aromatic carboxylic acids is 2. The monoisotopic (exact) mass is 316 g/mol. The van der Waals surface area contributed by atoms with Crippen LogP contribution in [-0.4, -0.2) is 47.8 Å². The zero-order valence-electron chi connectivity index (χ0n) is 13.6. The highest BCUT2D eigenvalue weighted by Crippen LogP contribution is 2.08. The van der Waals surface area contributed by atoms with Crippen molar-refractivity contribution < 1.29 is 24.3 Å². The van der Waals surface area contributed by atoms with E-state index in [1.54, 1.807) is 0 Å². The number of carboxylic acid groups (broad SMARTS) is 2. The van der Waals surface area contributed by atoms with Crippen LogP contribution in [0, 0.1) is 0 Å². The maximum atomic E-state index is 10.5. The predicted molar refractivity (Wildman–Crippen MR) is 88.5 cm³/mol. The van der Waals surface area contributed by atoms with Crippen LogP contribution >= 0.6 is 0 Å². The van der Waals surface area contributed by atoms with Crippen molar-refractivity contribution in [3.63, 3.8) is 0 Å². The lowest BCUT2D eigenvalue weighted by molar-refractivity contribution is -0.884. The summed E-state index contributed by atoms with van der Waals surface area (Å²) >= 11 is 0. The van der Waals surface area contributed by atoms with Gasteiger partial charge in [0.2, 0.25) is 0 Å². The smallest absolute Gasteiger partial charge is 0.336 e. The van der Waals surface area contributed by atoms with Gasteiger partial charge >= 0.3 is 11.9 Å². The Bertz CT molecular complexity index is 627. The molecule has 2 aromatic rings. The Morgan fingerprint density at radius 2 is 1.17 bits per heavy atom. The minimum absolute atomic E-state index is 0.190. The van der Waals surface area contributed by atoms with E-state index in [0.29, 0.717) is 0 Å². The van der Waals surface area contributed by atoms with Gasteiger partial charge in [0.05, 0.1) is 32.3 Å². The first-order chi connectivity index (χ1) is 10.7. The minimum atomic E-state index is -1.23. The number of nitrogens with zero attached hydrogens (tertiary/aromatic N) is 1. The highest BCUT2D eigenvalue weighted by molar-refractivity contribution is 6.01. The van der Waals surface area contributed by atoms with E-state index in [1.807, 2.05) is 0 Å². The van der Waals surface area contributed by atoms with Gasteiger partial charge in [0, 0.05) is 5.56 Å². The van der Waals surface area contributed by atoms with Gasteiger partial charge in [-0.2, -0.15) is 0 Å². The van der Waals surface area contributed by atoms with E-state index in [1.165, 1.54) is 29.8 Å². The van der Waals surface area contributed by atoms with Crippen LogP contribution in [0.4, 0.5) is 0 Å². The van der Waals surface area contributed by atoms with Crippen molar-refractivity contribution in [2.24, 2.45) is 0 Å². The summed E-state index contributed by atoms with van der Waals surface area (Å²) in [6, 6.07) is 16.0. The normalized spacial score (nSPS) is 10.4. The molecule has 0 radical (unpaired) electrons. The summed E-state index contributed by atoms with van der Waals surface area (Å²) in [6.07, 6.45) is 0. The lowest BCUT2D eigenvalue weighted by Crippen LogP contribution is -2.33. The molecule has 0 aliphatic carbocycles. The number of carbonyl (C=O) groups is 2. The summed E-state index contributed by atoms with van der Waals surface area (Å²) in [5.74, 6) is -2.46. The largest absolute Gasteiger partial charge is 0.478 e. The van der Waals surface area contributed by atoms with Crippen molar-refractivity contribution in [2.45, 2.75) is 6.54 Å². The number of quaternary nitrogens is 1. The van der Waals surface area contributed by atoms with Crippen molar-refractivity contribution in [2.75, 3.05) is 21.1 Å². The zero-order chi connectivity index (χ0) is 17.5. The molecule has 2 N–H and O–H groups in total. The highest BCUT2D eigenvalue weighted by atomic mass is 16.4. The van der Waals surface area contributed by atoms with Gasteiger partial charge in [-0.15, -0.1) is 0 Å². The van der Waals surface area contributed by atoms with Gasteiger partial charge in [-0.25, -0.2) is 9.59 Å². The van der Waals surface area contributed by atoms with E-state index < -0.39 is 11.9 Å². The molecule has 0 unspecified atom stereocenters. The lowest BCUT2D eigenvalue weighted by Gasteiger charge is -2.23. The van der Waals surface area contributed by atoms with Crippen molar-refractivity contribution in [1.82, 2.24) is 0 Å². The van der Waals surface area contributed by atoms with Crippen LogP contribution in [0.3, 0.4) is 0 Å². The molecular formula is C18H22NO4+. The Hall–Kier alpha value is -2.66. The Kier molecular flexibility index (Phi) is 6.48. The van der Waals surface area contributed by atoms with Gasteiger partial charge in [-0.1, -0.05) is 42.5 Å². The summed E-state index contributed by atoms with van der Waals surface area (Å²) in [5, 5.41) is 17.1. The van der Waals surface area contributed by atoms with Gasteiger partial charge in [-0.05, 0) is 12.1 Å². The average Bonchev–Trinajstić information content (AvgIpc) is 2.47. The van der Waals surface area contributed by atoms with Crippen molar-refractivity contribution in [1.29, 1.82) is 0 Å². The predicted octanol–water partition coefficient (Wildman–Crippen LogP) is 2.98. The molecule has 0 fully saturated rings. The molecule has 0 bridgehead atoms. The Morgan fingerprint density at radius 1 is 0.783 bits per heavy atom. The molecular weight excluding hydrogens is 294 g/mol. The van der Waals surface area contributed by atoms with Gasteiger partial charge in [0.1, 0.15) is 6.54 Å². The fourth-order valence-corrected chi connectivity index (χ4v) is 1.99. The highest BCUT2D eigenvalue weighted by Gasteiger charge is 2.13. The summed E-state index contributed by atoms with van der Waals surface area (Å²) in [7, 11) is 6.60. The fraction of sp³-hybridized carbons (Fsp3) is 0.222. The molecule has 2 rings (SSSR count). The van der Waals surface area contributed by atoms with Crippen LogP contribution in [0.25, 0.3) is 0 Å². The Balaban J connectivity index is 0.000000231. The van der Waals surface area contributed by atoms with Gasteiger partial charge in [-0.3, -0.25) is 0 Å². The number of hydrogen-bond donors (Lipinski definition) is 2. The number of hydrogen-bond acceptors (Lipinski definition) is 2. The Labute approximate surface area is 136 Å². The van der Waals surface area contributed by atoms with E-state index in [0.717, 1.165) is 11.0 Å². The fourth-order valence-electron chi connectivity index (χ4n) is 1.99. The van der Waals surface area contributed by atoms with E-state index in [2.05, 4.69) is 51.5 Å². The lowest BCUT2D eigenvalue weighted by atomic mass is 10.1. The second kappa shape index (κ2) is 8.10. The van der Waals surface area contributed by atoms with Crippen LogP contribution in [0.2, 0.25) is 0 Å². The molecule has 122 valence electrons. The van der Waals surface area contributed by atoms with Crippen LogP contribution < -0.4 is 0 Å². The molecule has 0 amide bonds. The first-order valence-electron chi connectivity index (χ1n) is 7.10. The van der Waals surface area contributed by atoms with E-state index in [9.17, 15) is 9.59 Å². The molecule has 0 spiro atoms. The second-order valence-electron chi connectivity index (χ2n) is 6.09. The third-order valence-corrected chi connectivity index (χ3v) is 2.89. The summed E-state index contributed by atoms with van der Waals surface area (Å²) < 4.78 is 0.990. The molecule has 23 heavy (non-hydrogen) atoms. The molecule has 5 nitrogen and oxygen atoms in total. The minimum Gasteiger partial charge on any atom is -0.478 e. The number of rotatable bonds is 4. The van der Waals surface area contributed by atoms with Crippen LogP contribution in [-0.2, 0) is 6.54 Å². The van der Waals surface area contributed by atoms with Crippen molar-refractivity contribution in [3.8, 4) is 0 Å². The van der Waals surface area contributed by atoms with E-state index in [-0.39, 0.29) is 11.1 Å². The summed E-state index contributed by atoms with van der Waals surface area (Å²) in [5.41, 5.74) is 1.02. The van der Waals surface area contributed by atoms with Crippen LogP contribution in [0.1, 0.15) is 26.3 Å². The maximum Gasteiger partial charge on any atom is 0.336 e. The quantitative estimate of drug-likeness (QED) is 0.850.